The van der Waals surface area contributed by atoms with Crippen LogP contribution < -0.4 is 15.5 Å². The zero-order valence-corrected chi connectivity index (χ0v) is 13.7. The van der Waals surface area contributed by atoms with Crippen molar-refractivity contribution >= 4 is 36.5 Å². The van der Waals surface area contributed by atoms with E-state index in [1.807, 2.05) is 19.0 Å². The number of carbonyl (C=O) groups is 1. The van der Waals surface area contributed by atoms with Crippen molar-refractivity contribution in [3.8, 4) is 0 Å². The van der Waals surface area contributed by atoms with Crippen LogP contribution >= 0.6 is 24.8 Å². The van der Waals surface area contributed by atoms with Crippen LogP contribution in [0.5, 0.6) is 0 Å². The molecule has 1 aliphatic heterocycles. The molecule has 3 N–H and O–H groups in total. The maximum atomic E-state index is 11.9. The number of nitrogens with one attached hydrogen (secondary N) is 2. The molecule has 0 aromatic carbocycles. The number of β-amino-alcohol motifs (C(OH)–C–C–N with tert-alkyl or cyclic N) is 1. The fourth-order valence-corrected chi connectivity index (χ4v) is 2.04. The molecule has 120 valence electrons. The van der Waals surface area contributed by atoms with Gasteiger partial charge in [-0.2, -0.15) is 0 Å². The van der Waals surface area contributed by atoms with E-state index in [1.165, 1.54) is 0 Å². The van der Waals surface area contributed by atoms with Gasteiger partial charge in [0.2, 0.25) is 0 Å². The SMILES string of the molecule is CN(C)c1ccc(C(=O)NCC2CNCC2O)cn1.Cl.Cl. The lowest BCUT2D eigenvalue weighted by Gasteiger charge is -2.14. The number of rotatable bonds is 4. The van der Waals surface area contributed by atoms with E-state index < -0.39 is 0 Å². The molecule has 8 heteroatoms. The molecule has 0 bridgehead atoms. The van der Waals surface area contributed by atoms with Crippen molar-refractivity contribution in [1.82, 2.24) is 15.6 Å². The lowest BCUT2D eigenvalue weighted by molar-refractivity contribution is 0.0926. The van der Waals surface area contributed by atoms with Crippen LogP contribution in [0.3, 0.4) is 0 Å². The lowest BCUT2D eigenvalue weighted by atomic mass is 10.1. The molecular weight excluding hydrogens is 315 g/mol. The van der Waals surface area contributed by atoms with Crippen molar-refractivity contribution in [3.63, 3.8) is 0 Å². The Morgan fingerprint density at radius 3 is 2.62 bits per heavy atom. The molecule has 2 atom stereocenters. The van der Waals surface area contributed by atoms with Crippen LogP contribution in [-0.4, -0.2) is 55.8 Å². The van der Waals surface area contributed by atoms with E-state index in [4.69, 9.17) is 0 Å². The summed E-state index contributed by atoms with van der Waals surface area (Å²) < 4.78 is 0. The van der Waals surface area contributed by atoms with Crippen LogP contribution in [0, 0.1) is 5.92 Å². The minimum Gasteiger partial charge on any atom is -0.391 e. The number of aliphatic hydroxyl groups excluding tert-OH is 1. The first kappa shape index (κ1) is 19.9. The van der Waals surface area contributed by atoms with Crippen molar-refractivity contribution < 1.29 is 9.90 Å². The third-order valence-electron chi connectivity index (χ3n) is 3.30. The zero-order chi connectivity index (χ0) is 13.8. The molecule has 0 spiro atoms. The summed E-state index contributed by atoms with van der Waals surface area (Å²) >= 11 is 0. The highest BCUT2D eigenvalue weighted by Crippen LogP contribution is 2.09. The van der Waals surface area contributed by atoms with Gasteiger partial charge in [-0.1, -0.05) is 0 Å². The summed E-state index contributed by atoms with van der Waals surface area (Å²) in [7, 11) is 3.80. The van der Waals surface area contributed by atoms with Gasteiger partial charge in [0.15, 0.2) is 0 Å². The van der Waals surface area contributed by atoms with Gasteiger partial charge in [-0.05, 0) is 12.1 Å². The Kier molecular flexibility index (Phi) is 8.58. The van der Waals surface area contributed by atoms with E-state index in [1.54, 1.807) is 18.3 Å². The summed E-state index contributed by atoms with van der Waals surface area (Å²) in [6, 6.07) is 3.56. The predicted molar refractivity (Wildman–Crippen MR) is 87.8 cm³/mol. The van der Waals surface area contributed by atoms with Crippen LogP contribution in [0.2, 0.25) is 0 Å². The van der Waals surface area contributed by atoms with Gasteiger partial charge < -0.3 is 20.6 Å². The third kappa shape index (κ3) is 5.32. The van der Waals surface area contributed by atoms with E-state index in [0.717, 1.165) is 12.4 Å². The van der Waals surface area contributed by atoms with Gasteiger partial charge in [0, 0.05) is 45.8 Å². The van der Waals surface area contributed by atoms with Gasteiger partial charge in [0.05, 0.1) is 11.7 Å². The Morgan fingerprint density at radius 1 is 1.43 bits per heavy atom. The topological polar surface area (TPSA) is 77.5 Å². The maximum absolute atomic E-state index is 11.9. The molecule has 1 aromatic heterocycles. The summed E-state index contributed by atoms with van der Waals surface area (Å²) in [6.07, 6.45) is 1.18. The summed E-state index contributed by atoms with van der Waals surface area (Å²) in [5.41, 5.74) is 0.533. The Balaban J connectivity index is 0.00000200. The van der Waals surface area contributed by atoms with Gasteiger partial charge in [-0.3, -0.25) is 4.79 Å². The highest BCUT2D eigenvalue weighted by atomic mass is 35.5. The second kappa shape index (κ2) is 9.04. The second-order valence-electron chi connectivity index (χ2n) is 5.00. The monoisotopic (exact) mass is 336 g/mol. The number of pyridine rings is 1. The van der Waals surface area contributed by atoms with E-state index in [-0.39, 0.29) is 42.7 Å². The number of amides is 1. The van der Waals surface area contributed by atoms with Crippen molar-refractivity contribution in [2.75, 3.05) is 38.6 Å². The highest BCUT2D eigenvalue weighted by molar-refractivity contribution is 5.94. The number of aromatic nitrogens is 1. The standard InChI is InChI=1S/C13H20N4O2.2ClH/c1-17(2)12-4-3-9(6-15-12)13(19)16-7-10-5-14-8-11(10)18;;/h3-4,6,10-11,14,18H,5,7-8H2,1-2H3,(H,16,19);2*1H. The maximum Gasteiger partial charge on any atom is 0.252 e. The Hall–Kier alpha value is -1.08. The van der Waals surface area contributed by atoms with E-state index in [9.17, 15) is 9.90 Å². The minimum absolute atomic E-state index is 0. The van der Waals surface area contributed by atoms with Gasteiger partial charge in [-0.25, -0.2) is 4.98 Å². The van der Waals surface area contributed by atoms with Crippen molar-refractivity contribution in [2.24, 2.45) is 5.92 Å². The number of aliphatic hydroxyl groups is 1. The molecule has 21 heavy (non-hydrogen) atoms. The van der Waals surface area contributed by atoms with Crippen LogP contribution in [0.15, 0.2) is 18.3 Å². The Morgan fingerprint density at radius 2 is 2.14 bits per heavy atom. The predicted octanol–water partition coefficient (Wildman–Crippen LogP) is 0.301. The number of carbonyl (C=O) groups excluding carboxylic acids is 1. The number of hydrogen-bond acceptors (Lipinski definition) is 5. The van der Waals surface area contributed by atoms with Crippen LogP contribution in [0.1, 0.15) is 10.4 Å². The van der Waals surface area contributed by atoms with Crippen LogP contribution in [0.4, 0.5) is 5.82 Å². The summed E-state index contributed by atoms with van der Waals surface area (Å²) in [4.78, 5) is 18.0. The molecule has 6 nitrogen and oxygen atoms in total. The number of anilines is 1. The minimum atomic E-state index is -0.380. The molecule has 2 unspecified atom stereocenters. The fourth-order valence-electron chi connectivity index (χ4n) is 2.04. The first-order valence-corrected chi connectivity index (χ1v) is 6.38. The third-order valence-corrected chi connectivity index (χ3v) is 3.30. The van der Waals surface area contributed by atoms with Gasteiger partial charge in [0.25, 0.3) is 5.91 Å². The van der Waals surface area contributed by atoms with Crippen molar-refractivity contribution in [1.29, 1.82) is 0 Å². The lowest BCUT2D eigenvalue weighted by Crippen LogP contribution is -2.34. The second-order valence-corrected chi connectivity index (χ2v) is 5.00. The molecule has 1 amide bonds. The first-order valence-electron chi connectivity index (χ1n) is 6.38. The summed E-state index contributed by atoms with van der Waals surface area (Å²) in [5, 5.41) is 15.6. The summed E-state index contributed by atoms with van der Waals surface area (Å²) in [5.74, 6) is 0.738. The molecule has 0 radical (unpaired) electrons. The summed E-state index contributed by atoms with van der Waals surface area (Å²) in [6.45, 7) is 1.81. The van der Waals surface area contributed by atoms with Gasteiger partial charge in [-0.15, -0.1) is 24.8 Å². The molecule has 2 heterocycles. The molecule has 1 fully saturated rings. The molecule has 2 rings (SSSR count). The van der Waals surface area contributed by atoms with E-state index >= 15 is 0 Å². The van der Waals surface area contributed by atoms with Crippen LogP contribution in [0.25, 0.3) is 0 Å². The quantitative estimate of drug-likeness (QED) is 0.737. The number of hydrogen-bond donors (Lipinski definition) is 3. The largest absolute Gasteiger partial charge is 0.391 e. The molecular formula is C13H22Cl2N4O2. The average molecular weight is 337 g/mol. The average Bonchev–Trinajstić information content (AvgIpc) is 2.81. The highest BCUT2D eigenvalue weighted by Gasteiger charge is 2.25. The van der Waals surface area contributed by atoms with E-state index in [0.29, 0.717) is 18.7 Å². The smallest absolute Gasteiger partial charge is 0.252 e. The normalized spacial score (nSPS) is 20.1. The first-order chi connectivity index (χ1) is 9.08. The Labute approximate surface area is 137 Å². The van der Waals surface area contributed by atoms with E-state index in [2.05, 4.69) is 15.6 Å². The van der Waals surface area contributed by atoms with Crippen LogP contribution in [-0.2, 0) is 0 Å². The molecule has 1 aliphatic rings. The number of nitrogens with zero attached hydrogens (tertiary/aromatic N) is 2. The van der Waals surface area contributed by atoms with Gasteiger partial charge >= 0.3 is 0 Å². The van der Waals surface area contributed by atoms with Crippen molar-refractivity contribution in [3.05, 3.63) is 23.9 Å². The number of halogens is 2. The molecule has 1 saturated heterocycles. The Bertz CT molecular complexity index is 442. The zero-order valence-electron chi connectivity index (χ0n) is 12.1. The van der Waals surface area contributed by atoms with Crippen molar-refractivity contribution in [2.45, 2.75) is 6.10 Å². The van der Waals surface area contributed by atoms with Gasteiger partial charge in [0.1, 0.15) is 5.82 Å². The molecule has 0 saturated carbocycles. The molecule has 1 aromatic rings. The fraction of sp³-hybridized carbons (Fsp3) is 0.538. The molecule has 0 aliphatic carbocycles.